The van der Waals surface area contributed by atoms with E-state index in [-0.39, 0.29) is 18.8 Å². The van der Waals surface area contributed by atoms with Gasteiger partial charge < -0.3 is 15.0 Å². The van der Waals surface area contributed by atoms with Crippen molar-refractivity contribution < 1.29 is 31.5 Å². The summed E-state index contributed by atoms with van der Waals surface area (Å²) in [4.78, 5) is 12.3. The number of nitrogen functional groups attached to an aromatic ring is 1. The fraction of sp³-hybridized carbons (Fsp3) is 0.389. The van der Waals surface area contributed by atoms with Gasteiger partial charge in [-0.05, 0) is 6.07 Å². The first kappa shape index (κ1) is 21.7. The number of aromatic nitrogens is 4. The highest BCUT2D eigenvalue weighted by Gasteiger charge is 2.38. The van der Waals surface area contributed by atoms with Crippen molar-refractivity contribution in [2.75, 3.05) is 19.3 Å². The van der Waals surface area contributed by atoms with Crippen LogP contribution >= 0.6 is 8.60 Å². The number of benzene rings is 1. The van der Waals surface area contributed by atoms with E-state index in [1.54, 1.807) is 4.57 Å². The highest BCUT2D eigenvalue weighted by Crippen LogP contribution is 2.47. The summed E-state index contributed by atoms with van der Waals surface area (Å²) in [6.45, 7) is -1.33. The van der Waals surface area contributed by atoms with Crippen molar-refractivity contribution in [2.24, 2.45) is 0 Å². The minimum atomic E-state index is -1.75. The number of halogens is 3. The van der Waals surface area contributed by atoms with Crippen LogP contribution in [0.25, 0.3) is 11.2 Å². The Hall–Kier alpha value is -2.53. The lowest BCUT2D eigenvalue weighted by molar-refractivity contribution is -0.0302. The zero-order chi connectivity index (χ0) is 21.8. The van der Waals surface area contributed by atoms with Crippen LogP contribution in [0.2, 0.25) is 0 Å². The summed E-state index contributed by atoms with van der Waals surface area (Å²) in [6, 6.07) is 7.58. The number of alkyl halides is 3. The maximum Gasteiger partial charge on any atom is 0.397 e. The molecule has 4 atom stereocenters. The van der Waals surface area contributed by atoms with E-state index >= 15 is 0 Å². The maximum atomic E-state index is 14.5. The first-order chi connectivity index (χ1) is 15.1. The molecule has 1 fully saturated rings. The van der Waals surface area contributed by atoms with E-state index in [1.165, 1.54) is 12.7 Å². The first-order valence-corrected chi connectivity index (χ1v) is 10.4. The molecule has 2 aliphatic rings. The largest absolute Gasteiger partial charge is 0.426 e. The molecule has 5 rings (SSSR count). The molecular weight excluding hydrogens is 438 g/mol. The number of hydrogen-bond donors (Lipinski definition) is 1. The monoisotopic (exact) mass is 457 g/mol. The molecule has 4 unspecified atom stereocenters. The van der Waals surface area contributed by atoms with Gasteiger partial charge in [0.25, 0.3) is 0 Å². The van der Waals surface area contributed by atoms with Gasteiger partial charge in [0, 0.05) is 12.0 Å². The minimum Gasteiger partial charge on any atom is -0.426 e. The molecule has 4 heterocycles. The van der Waals surface area contributed by atoms with E-state index in [0.29, 0.717) is 17.8 Å². The summed E-state index contributed by atoms with van der Waals surface area (Å²) in [5.74, 6) is 0.997. The third-order valence-electron chi connectivity index (χ3n) is 4.67. The Morgan fingerprint density at radius 2 is 2.03 bits per heavy atom. The van der Waals surface area contributed by atoms with Gasteiger partial charge in [0.2, 0.25) is 6.93 Å². The first-order valence-electron chi connectivity index (χ1n) is 9.27. The highest BCUT2D eigenvalue weighted by molar-refractivity contribution is 7.42. The molecule has 0 aliphatic carbocycles. The summed E-state index contributed by atoms with van der Waals surface area (Å²) in [6.07, 6.45) is 0.541. The Balaban J connectivity index is 0.000000730. The van der Waals surface area contributed by atoms with Gasteiger partial charge in [0.1, 0.15) is 36.1 Å². The number of nitrogens with two attached hydrogens (primary N) is 1. The summed E-state index contributed by atoms with van der Waals surface area (Å²) in [7, 11) is -1.59. The normalized spacial score (nSPS) is 24.9. The maximum absolute atomic E-state index is 14.5. The van der Waals surface area contributed by atoms with Gasteiger partial charge in [-0.2, -0.15) is 0 Å². The molecule has 2 aliphatic heterocycles. The number of fused-ring (bicyclic) bond motifs is 2. The van der Waals surface area contributed by atoms with Gasteiger partial charge in [-0.3, -0.25) is 13.6 Å². The van der Waals surface area contributed by atoms with Crippen LogP contribution in [0.5, 0.6) is 5.75 Å². The van der Waals surface area contributed by atoms with Gasteiger partial charge in [0.05, 0.1) is 19.5 Å². The molecule has 2 aromatic heterocycles. The average Bonchev–Trinajstić information content (AvgIpc) is 3.37. The lowest BCUT2D eigenvalue weighted by atomic mass is 10.2. The van der Waals surface area contributed by atoms with Gasteiger partial charge in [-0.15, -0.1) is 0 Å². The fourth-order valence-electron chi connectivity index (χ4n) is 3.23. The lowest BCUT2D eigenvalue weighted by Gasteiger charge is -2.24. The van der Waals surface area contributed by atoms with Gasteiger partial charge in [-0.25, -0.2) is 28.1 Å². The molecule has 31 heavy (non-hydrogen) atoms. The second-order valence-corrected chi connectivity index (χ2v) is 7.70. The SMILES string of the molecule is FCF.Nc1ncnc2c1ncn2C1CC(F)C(COP2OCc3ccccc3O2)O1. The number of nitrogens with zero attached hydrogens (tertiary/aromatic N) is 4. The van der Waals surface area contributed by atoms with Crippen molar-refractivity contribution in [2.45, 2.75) is 31.5 Å². The summed E-state index contributed by atoms with van der Waals surface area (Å²) in [5.41, 5.74) is 7.73. The van der Waals surface area contributed by atoms with E-state index in [1.807, 2.05) is 24.3 Å². The zero-order valence-electron chi connectivity index (χ0n) is 16.1. The number of anilines is 1. The quantitative estimate of drug-likeness (QED) is 0.591. The third-order valence-corrected chi connectivity index (χ3v) is 5.72. The molecule has 0 bridgehead atoms. The number of imidazole rings is 1. The predicted octanol–water partition coefficient (Wildman–Crippen LogP) is 3.77. The highest BCUT2D eigenvalue weighted by atomic mass is 31.2. The molecule has 0 spiro atoms. The smallest absolute Gasteiger partial charge is 0.397 e. The van der Waals surface area contributed by atoms with Crippen molar-refractivity contribution >= 4 is 25.6 Å². The molecule has 2 N–H and O–H groups in total. The fourth-order valence-corrected chi connectivity index (χ4v) is 4.26. The Bertz CT molecular complexity index is 1030. The van der Waals surface area contributed by atoms with E-state index < -0.39 is 34.0 Å². The van der Waals surface area contributed by atoms with Crippen LogP contribution in [0.15, 0.2) is 36.9 Å². The third kappa shape index (κ3) is 4.72. The van der Waals surface area contributed by atoms with Gasteiger partial charge >= 0.3 is 8.60 Å². The van der Waals surface area contributed by atoms with Crippen LogP contribution in [0.1, 0.15) is 18.2 Å². The van der Waals surface area contributed by atoms with Crippen molar-refractivity contribution in [3.05, 3.63) is 42.5 Å². The molecule has 13 heteroatoms. The predicted molar refractivity (Wildman–Crippen MR) is 105 cm³/mol. The van der Waals surface area contributed by atoms with E-state index in [4.69, 9.17) is 24.0 Å². The summed E-state index contributed by atoms with van der Waals surface area (Å²) >= 11 is 0. The van der Waals surface area contributed by atoms with Crippen LogP contribution < -0.4 is 10.3 Å². The van der Waals surface area contributed by atoms with Crippen molar-refractivity contribution in [3.8, 4) is 5.75 Å². The molecular formula is C18H19F3N5O4P. The second kappa shape index (κ2) is 9.73. The van der Waals surface area contributed by atoms with Crippen molar-refractivity contribution in [3.63, 3.8) is 0 Å². The number of hydrogen-bond acceptors (Lipinski definition) is 8. The van der Waals surface area contributed by atoms with Crippen LogP contribution in [0.4, 0.5) is 19.0 Å². The van der Waals surface area contributed by atoms with Gasteiger partial charge in [0.15, 0.2) is 11.5 Å². The van der Waals surface area contributed by atoms with Crippen LogP contribution in [-0.2, 0) is 20.4 Å². The summed E-state index contributed by atoms with van der Waals surface area (Å²) < 4.78 is 58.2. The molecule has 9 nitrogen and oxygen atoms in total. The topological polar surface area (TPSA) is 107 Å². The molecule has 3 aromatic rings. The number of para-hydroxylation sites is 1. The second-order valence-electron chi connectivity index (χ2n) is 6.56. The Morgan fingerprint density at radius 1 is 1.23 bits per heavy atom. The van der Waals surface area contributed by atoms with Crippen molar-refractivity contribution in [1.82, 2.24) is 19.5 Å². The zero-order valence-corrected chi connectivity index (χ0v) is 17.0. The molecule has 1 aromatic carbocycles. The molecule has 0 saturated carbocycles. The van der Waals surface area contributed by atoms with Crippen molar-refractivity contribution in [1.29, 1.82) is 0 Å². The molecule has 0 amide bonds. The van der Waals surface area contributed by atoms with E-state index in [9.17, 15) is 13.2 Å². The lowest BCUT2D eigenvalue weighted by Crippen LogP contribution is -2.23. The number of rotatable bonds is 4. The van der Waals surface area contributed by atoms with Gasteiger partial charge in [-0.1, -0.05) is 18.2 Å². The van der Waals surface area contributed by atoms with Crippen LogP contribution in [0, 0.1) is 0 Å². The Labute approximate surface area is 176 Å². The Kier molecular flexibility index (Phi) is 6.81. The average molecular weight is 457 g/mol. The van der Waals surface area contributed by atoms with E-state index in [0.717, 1.165) is 11.3 Å². The van der Waals surface area contributed by atoms with Crippen LogP contribution in [0.3, 0.4) is 0 Å². The minimum absolute atomic E-state index is 0.0231. The molecule has 166 valence electrons. The molecule has 0 radical (unpaired) electrons. The van der Waals surface area contributed by atoms with Crippen LogP contribution in [-0.4, -0.2) is 45.3 Å². The standard InChI is InChI=1S/C17H17FN5O4P.CH2F2/c18-11-5-14(23-9-22-15-16(19)20-8-21-17(15)23)26-13(11)7-25-28-24-6-10-3-1-2-4-12(10)27-28;2-1-3/h1-4,8-9,11,13-14H,5-7H2,(H2,19,20,21);1H2. The number of ether oxygens (including phenoxy) is 1. The summed E-state index contributed by atoms with van der Waals surface area (Å²) in [5, 5.41) is 0. The van der Waals surface area contributed by atoms with E-state index in [2.05, 4.69) is 15.0 Å². The molecule has 1 saturated heterocycles. The Morgan fingerprint density at radius 3 is 2.87 bits per heavy atom.